The molecular weight excluding hydrogens is 927 g/mol. The molecule has 2 aliphatic heterocycles. The first-order chi connectivity index (χ1) is 37.2. The highest BCUT2D eigenvalue weighted by molar-refractivity contribution is 7.99. The molecule has 0 atom stereocenters. The molecule has 0 saturated carbocycles. The molecule has 0 N–H and O–H groups in total. The molecule has 4 aliphatic rings. The zero-order chi connectivity index (χ0) is 49.2. The van der Waals surface area contributed by atoms with Gasteiger partial charge in [0.1, 0.15) is 11.5 Å². The molecule has 2 heterocycles. The number of hydrogen-bond donors (Lipinski definition) is 0. The number of ether oxygens (including phenoxy) is 1. The Morgan fingerprint density at radius 3 is 1.40 bits per heavy atom. The van der Waals surface area contributed by atoms with E-state index in [1.165, 1.54) is 92.9 Å². The molecule has 0 amide bonds. The Kier molecular flexibility index (Phi) is 9.14. The Morgan fingerprint density at radius 1 is 0.293 bits per heavy atom. The van der Waals surface area contributed by atoms with E-state index < -0.39 is 10.8 Å². The SMILES string of the molecule is c1ccc(-c2ccc(-c3ccc(N(c4cccc5c4-c4ccccc4C54c5ccccc5Oc5ccccc54)c4cccc5c4-c4c(ccc6ccccc46)C54c5ccccc5Sc5ccccc54)cc3)cc2)cc1. The molecule has 350 valence electrons. The van der Waals surface area contributed by atoms with Crippen molar-refractivity contribution in [3.05, 3.63) is 317 Å². The quantitative estimate of drug-likeness (QED) is 0.171. The van der Waals surface area contributed by atoms with Gasteiger partial charge in [-0.15, -0.1) is 0 Å². The smallest absolute Gasteiger partial charge is 0.132 e. The summed E-state index contributed by atoms with van der Waals surface area (Å²) >= 11 is 1.89. The highest BCUT2D eigenvalue weighted by atomic mass is 32.2. The number of para-hydroxylation sites is 2. The fourth-order valence-electron chi connectivity index (χ4n) is 13.6. The Morgan fingerprint density at radius 2 is 0.747 bits per heavy atom. The van der Waals surface area contributed by atoms with Gasteiger partial charge in [0.25, 0.3) is 0 Å². The molecule has 0 unspecified atom stereocenters. The summed E-state index contributed by atoms with van der Waals surface area (Å²) in [6, 6.07) is 101. The lowest BCUT2D eigenvalue weighted by Gasteiger charge is -2.40. The summed E-state index contributed by atoms with van der Waals surface area (Å²) < 4.78 is 6.80. The minimum absolute atomic E-state index is 0.574. The first-order valence-electron chi connectivity index (χ1n) is 25.9. The third kappa shape index (κ3) is 5.82. The summed E-state index contributed by atoms with van der Waals surface area (Å²) in [7, 11) is 0. The Hall–Kier alpha value is -9.15. The maximum atomic E-state index is 6.80. The summed E-state index contributed by atoms with van der Waals surface area (Å²) in [4.78, 5) is 5.17. The Balaban J connectivity index is 0.997. The monoisotopic (exact) mass is 971 g/mol. The number of hydrogen-bond acceptors (Lipinski definition) is 3. The fraction of sp³-hybridized carbons (Fsp3) is 0.0278. The van der Waals surface area contributed by atoms with E-state index in [4.69, 9.17) is 4.74 Å². The lowest BCUT2D eigenvalue weighted by Crippen LogP contribution is -2.32. The van der Waals surface area contributed by atoms with E-state index in [0.717, 1.165) is 45.3 Å². The van der Waals surface area contributed by atoms with E-state index >= 15 is 0 Å². The van der Waals surface area contributed by atoms with Crippen LogP contribution in [0.2, 0.25) is 0 Å². The van der Waals surface area contributed by atoms with Gasteiger partial charge in [-0.1, -0.05) is 236 Å². The second-order valence-electron chi connectivity index (χ2n) is 20.2. The van der Waals surface area contributed by atoms with E-state index in [1.54, 1.807) is 0 Å². The molecule has 12 aromatic rings. The highest BCUT2D eigenvalue weighted by Gasteiger charge is 2.54. The Labute approximate surface area is 440 Å². The molecule has 0 bridgehead atoms. The molecule has 0 fully saturated rings. The van der Waals surface area contributed by atoms with E-state index in [-0.39, 0.29) is 0 Å². The van der Waals surface area contributed by atoms with Crippen molar-refractivity contribution in [1.29, 1.82) is 0 Å². The van der Waals surface area contributed by atoms with Crippen LogP contribution in [-0.4, -0.2) is 0 Å². The maximum Gasteiger partial charge on any atom is 0.132 e. The van der Waals surface area contributed by atoms with Gasteiger partial charge < -0.3 is 9.64 Å². The van der Waals surface area contributed by atoms with Gasteiger partial charge in [0.05, 0.1) is 22.2 Å². The largest absolute Gasteiger partial charge is 0.457 e. The average molecular weight is 972 g/mol. The molecule has 2 aliphatic carbocycles. The Bertz CT molecular complexity index is 4220. The highest BCUT2D eigenvalue weighted by Crippen LogP contribution is 2.67. The van der Waals surface area contributed by atoms with Gasteiger partial charge in [0.2, 0.25) is 0 Å². The van der Waals surface area contributed by atoms with Crippen molar-refractivity contribution in [1.82, 2.24) is 0 Å². The van der Waals surface area contributed by atoms with Gasteiger partial charge >= 0.3 is 0 Å². The normalized spacial score (nSPS) is 14.1. The van der Waals surface area contributed by atoms with Gasteiger partial charge in [-0.25, -0.2) is 0 Å². The maximum absolute atomic E-state index is 6.80. The van der Waals surface area contributed by atoms with E-state index in [9.17, 15) is 0 Å². The van der Waals surface area contributed by atoms with Crippen molar-refractivity contribution in [3.63, 3.8) is 0 Å². The zero-order valence-electron chi connectivity index (χ0n) is 40.7. The predicted octanol–water partition coefficient (Wildman–Crippen LogP) is 18.9. The van der Waals surface area contributed by atoms with Crippen molar-refractivity contribution in [2.45, 2.75) is 20.6 Å². The molecule has 16 rings (SSSR count). The number of benzene rings is 12. The van der Waals surface area contributed by atoms with Crippen molar-refractivity contribution >= 4 is 39.6 Å². The number of fused-ring (bicyclic) bond motifs is 20. The first-order valence-corrected chi connectivity index (χ1v) is 26.7. The molecule has 0 radical (unpaired) electrons. The van der Waals surface area contributed by atoms with E-state index in [2.05, 4.69) is 278 Å². The zero-order valence-corrected chi connectivity index (χ0v) is 41.6. The van der Waals surface area contributed by atoms with Crippen LogP contribution in [0.1, 0.15) is 44.5 Å². The predicted molar refractivity (Wildman–Crippen MR) is 308 cm³/mol. The minimum atomic E-state index is -0.631. The van der Waals surface area contributed by atoms with Crippen LogP contribution in [0.3, 0.4) is 0 Å². The second kappa shape index (κ2) is 16.2. The van der Waals surface area contributed by atoms with Crippen LogP contribution in [0, 0.1) is 0 Å². The summed E-state index contributed by atoms with van der Waals surface area (Å²) in [6.07, 6.45) is 0. The van der Waals surface area contributed by atoms with Gasteiger partial charge in [-0.3, -0.25) is 0 Å². The van der Waals surface area contributed by atoms with Crippen molar-refractivity contribution in [2.24, 2.45) is 0 Å². The van der Waals surface area contributed by atoms with Crippen LogP contribution in [0.4, 0.5) is 17.1 Å². The van der Waals surface area contributed by atoms with Gasteiger partial charge in [0, 0.05) is 37.7 Å². The average Bonchev–Trinajstić information content (AvgIpc) is 4.17. The van der Waals surface area contributed by atoms with Crippen molar-refractivity contribution < 1.29 is 4.74 Å². The third-order valence-electron chi connectivity index (χ3n) is 16.6. The summed E-state index contributed by atoms with van der Waals surface area (Å²) in [5, 5.41) is 2.48. The standard InChI is InChI=1S/C72H45NOS/c1-2-18-46(19-3-1)47-36-38-48(39-37-47)49-40-43-51(44-41-49)73(62-30-16-28-59-68(62)53-22-6-7-23-54(53)71(59)55-24-8-12-32-64(55)74-65-33-13-9-25-56(65)71)63-31-17-29-60-70(63)69-52-21-5-4-20-50(52)42-45-61(69)72(60)57-26-10-14-34-66(57)75-67-35-15-11-27-58(67)72/h1-45H. The first kappa shape index (κ1) is 42.4. The molecule has 0 saturated heterocycles. The van der Waals surface area contributed by atoms with Crippen LogP contribution in [0.25, 0.3) is 55.3 Å². The number of anilines is 3. The molecule has 12 aromatic carbocycles. The lowest BCUT2D eigenvalue weighted by molar-refractivity contribution is 0.436. The molecule has 2 nitrogen and oxygen atoms in total. The van der Waals surface area contributed by atoms with Crippen LogP contribution < -0.4 is 9.64 Å². The van der Waals surface area contributed by atoms with Crippen LogP contribution in [0.5, 0.6) is 11.5 Å². The second-order valence-corrected chi connectivity index (χ2v) is 21.3. The van der Waals surface area contributed by atoms with Gasteiger partial charge in [-0.05, 0) is 126 Å². The summed E-state index contributed by atoms with van der Waals surface area (Å²) in [6.45, 7) is 0. The minimum Gasteiger partial charge on any atom is -0.457 e. The van der Waals surface area contributed by atoms with Gasteiger partial charge in [-0.2, -0.15) is 0 Å². The molecule has 0 aromatic heterocycles. The molecule has 3 heteroatoms. The van der Waals surface area contributed by atoms with Crippen molar-refractivity contribution in [3.8, 4) is 56.0 Å². The van der Waals surface area contributed by atoms with Crippen LogP contribution >= 0.6 is 11.8 Å². The summed E-state index contributed by atoms with van der Waals surface area (Å²) in [5.41, 5.74) is 21.9. The lowest BCUT2D eigenvalue weighted by atomic mass is 9.66. The fourth-order valence-corrected chi connectivity index (χ4v) is 14.8. The third-order valence-corrected chi connectivity index (χ3v) is 17.8. The van der Waals surface area contributed by atoms with Crippen molar-refractivity contribution in [2.75, 3.05) is 4.90 Å². The number of nitrogens with zero attached hydrogens (tertiary/aromatic N) is 1. The topological polar surface area (TPSA) is 12.5 Å². The molecular formula is C72H45NOS. The van der Waals surface area contributed by atoms with Gasteiger partial charge in [0.15, 0.2) is 0 Å². The van der Waals surface area contributed by atoms with Crippen LogP contribution in [-0.2, 0) is 10.8 Å². The molecule has 75 heavy (non-hydrogen) atoms. The van der Waals surface area contributed by atoms with Crippen LogP contribution in [0.15, 0.2) is 283 Å². The molecule has 2 spiro atoms. The van der Waals surface area contributed by atoms with E-state index in [0.29, 0.717) is 0 Å². The van der Waals surface area contributed by atoms with E-state index in [1.807, 2.05) is 11.8 Å². The summed E-state index contributed by atoms with van der Waals surface area (Å²) in [5.74, 6) is 1.77. The number of rotatable bonds is 5.